The van der Waals surface area contributed by atoms with Crippen LogP contribution in [0.1, 0.15) is 16.7 Å². The van der Waals surface area contributed by atoms with E-state index < -0.39 is 6.48 Å². The van der Waals surface area contributed by atoms with Crippen LogP contribution in [0.5, 0.6) is 5.75 Å². The quantitative estimate of drug-likeness (QED) is 0.289. The van der Waals surface area contributed by atoms with Gasteiger partial charge in [0.05, 0.1) is 11.3 Å². The molecular weight excluding hydrogens is 439 g/mol. The van der Waals surface area contributed by atoms with Gasteiger partial charge in [-0.3, -0.25) is 0 Å². The molecule has 0 saturated heterocycles. The molecule has 174 valence electrons. The van der Waals surface area contributed by atoms with Crippen LogP contribution in [0.15, 0.2) is 109 Å². The number of para-hydroxylation sites is 1. The zero-order valence-corrected chi connectivity index (χ0v) is 20.8. The summed E-state index contributed by atoms with van der Waals surface area (Å²) >= 11 is 0. The number of aromatic nitrogens is 1. The number of pyridine rings is 1. The Labute approximate surface area is 212 Å². The van der Waals surface area contributed by atoms with Gasteiger partial charge in [0.15, 0.2) is 5.69 Å². The fourth-order valence-electron chi connectivity index (χ4n) is 6.10. The average Bonchev–Trinajstić information content (AvgIpc) is 2.90. The number of hydrogen-bond acceptors (Lipinski definition) is 2. The zero-order chi connectivity index (χ0) is 24.4. The second-order valence-corrected chi connectivity index (χ2v) is 10.1. The minimum absolute atomic E-state index is 0.924. The van der Waals surface area contributed by atoms with Crippen molar-refractivity contribution in [3.8, 4) is 17.0 Å². The maximum atomic E-state index is 7.25. The van der Waals surface area contributed by atoms with E-state index in [1.165, 1.54) is 33.3 Å². The number of aryl methyl sites for hydroxylation is 3. The van der Waals surface area contributed by atoms with E-state index in [2.05, 4.69) is 139 Å². The maximum absolute atomic E-state index is 7.25. The van der Waals surface area contributed by atoms with Crippen LogP contribution in [0.3, 0.4) is 0 Å². The Hall–Kier alpha value is -4.31. The van der Waals surface area contributed by atoms with E-state index in [0.29, 0.717) is 0 Å². The first-order valence-electron chi connectivity index (χ1n) is 12.6. The van der Waals surface area contributed by atoms with Crippen LogP contribution < -0.4 is 25.0 Å². The molecule has 0 fully saturated rings. The summed E-state index contributed by atoms with van der Waals surface area (Å²) in [5, 5.41) is 0. The molecule has 0 atom stereocenters. The molecule has 0 unspecified atom stereocenters. The maximum Gasteiger partial charge on any atom is 0.517 e. The fourth-order valence-corrected chi connectivity index (χ4v) is 6.10. The highest BCUT2D eigenvalue weighted by molar-refractivity contribution is 6.94. The molecule has 4 heteroatoms. The van der Waals surface area contributed by atoms with Gasteiger partial charge < -0.3 is 14.0 Å². The molecule has 2 aliphatic rings. The van der Waals surface area contributed by atoms with Crippen molar-refractivity contribution in [1.82, 2.24) is 0 Å². The molecule has 0 N–H and O–H groups in total. The molecule has 0 amide bonds. The van der Waals surface area contributed by atoms with E-state index in [1.807, 2.05) is 0 Å². The lowest BCUT2D eigenvalue weighted by Crippen LogP contribution is -2.85. The SMILES string of the molecule is Cc1ccc(N2c3ccc(C)cc3[B-]3(Oc4ccccc4-c4cccc[n+]43)c3cc(C)ccc32)cc1. The fraction of sp³-hybridized carbons (Fsp3) is 0.0938. The van der Waals surface area contributed by atoms with E-state index >= 15 is 0 Å². The van der Waals surface area contributed by atoms with Gasteiger partial charge in [-0.05, 0) is 63.2 Å². The summed E-state index contributed by atoms with van der Waals surface area (Å²) in [5.74, 6) is 0.924. The van der Waals surface area contributed by atoms with Gasteiger partial charge in [0.2, 0.25) is 0 Å². The minimum atomic E-state index is -1.79. The van der Waals surface area contributed by atoms with Gasteiger partial charge in [0, 0.05) is 23.1 Å². The van der Waals surface area contributed by atoms with Crippen LogP contribution in [0.2, 0.25) is 0 Å². The molecule has 3 nitrogen and oxygen atoms in total. The highest BCUT2D eigenvalue weighted by Crippen LogP contribution is 2.41. The molecule has 2 aliphatic heterocycles. The van der Waals surface area contributed by atoms with Gasteiger partial charge in [-0.1, -0.05) is 82.2 Å². The van der Waals surface area contributed by atoms with Gasteiger partial charge in [0.1, 0.15) is 6.20 Å². The molecular formula is C32H27BN2O. The molecule has 0 bridgehead atoms. The van der Waals surface area contributed by atoms with Crippen molar-refractivity contribution in [2.45, 2.75) is 20.8 Å². The van der Waals surface area contributed by atoms with Crippen LogP contribution in [-0.2, 0) is 0 Å². The minimum Gasteiger partial charge on any atom is -0.650 e. The third-order valence-corrected chi connectivity index (χ3v) is 7.73. The Bertz CT molecular complexity index is 1600. The second kappa shape index (κ2) is 7.60. The molecule has 0 radical (unpaired) electrons. The van der Waals surface area contributed by atoms with Crippen molar-refractivity contribution >= 4 is 34.5 Å². The number of rotatable bonds is 1. The van der Waals surface area contributed by atoms with E-state index in [-0.39, 0.29) is 0 Å². The number of fused-ring (bicyclic) bond motifs is 8. The second-order valence-electron chi connectivity index (χ2n) is 10.1. The molecule has 7 rings (SSSR count). The first kappa shape index (κ1) is 21.0. The Morgan fingerprint density at radius 1 is 0.639 bits per heavy atom. The van der Waals surface area contributed by atoms with E-state index in [1.54, 1.807) is 0 Å². The van der Waals surface area contributed by atoms with E-state index in [4.69, 9.17) is 4.65 Å². The monoisotopic (exact) mass is 466 g/mol. The highest BCUT2D eigenvalue weighted by atomic mass is 16.5. The highest BCUT2D eigenvalue weighted by Gasteiger charge is 2.54. The lowest BCUT2D eigenvalue weighted by Gasteiger charge is -2.49. The summed E-state index contributed by atoms with van der Waals surface area (Å²) in [5.41, 5.74) is 11.8. The van der Waals surface area contributed by atoms with Gasteiger partial charge in [0.25, 0.3) is 0 Å². The largest absolute Gasteiger partial charge is 0.650 e. The summed E-state index contributed by atoms with van der Waals surface area (Å²) in [6.07, 6.45) is 2.19. The Kier molecular flexibility index (Phi) is 4.43. The standard InChI is InChI=1S/C32H27BN2O/c1-22-11-15-25(16-12-22)35-30-17-13-23(2)20-27(30)33(28-21-24(3)14-18-31(28)35)34-19-7-6-9-29(34)26-8-4-5-10-32(26)36-33/h4-21H,1-3H3. The van der Waals surface area contributed by atoms with Gasteiger partial charge in [-0.25, -0.2) is 0 Å². The van der Waals surface area contributed by atoms with Gasteiger partial charge in [-0.2, -0.15) is 0 Å². The summed E-state index contributed by atoms with van der Waals surface area (Å²) in [7, 11) is 0. The Morgan fingerprint density at radius 2 is 1.25 bits per heavy atom. The predicted molar refractivity (Wildman–Crippen MR) is 148 cm³/mol. The summed E-state index contributed by atoms with van der Waals surface area (Å²) in [4.78, 5) is 2.39. The van der Waals surface area contributed by atoms with Crippen molar-refractivity contribution in [2.75, 3.05) is 4.90 Å². The molecule has 36 heavy (non-hydrogen) atoms. The zero-order valence-electron chi connectivity index (χ0n) is 20.8. The van der Waals surface area contributed by atoms with E-state index in [9.17, 15) is 0 Å². The number of benzene rings is 4. The molecule has 1 aromatic heterocycles. The number of hydrogen-bond donors (Lipinski definition) is 0. The van der Waals surface area contributed by atoms with Crippen molar-refractivity contribution in [3.63, 3.8) is 0 Å². The summed E-state index contributed by atoms with van der Waals surface area (Å²) in [6, 6.07) is 37.2. The summed E-state index contributed by atoms with van der Waals surface area (Å²) < 4.78 is 9.63. The van der Waals surface area contributed by atoms with Crippen LogP contribution in [0, 0.1) is 20.8 Å². The van der Waals surface area contributed by atoms with Crippen LogP contribution in [0.25, 0.3) is 11.3 Å². The Balaban J connectivity index is 1.62. The Morgan fingerprint density at radius 3 is 1.94 bits per heavy atom. The lowest BCUT2D eigenvalue weighted by molar-refractivity contribution is -0.542. The first-order valence-corrected chi connectivity index (χ1v) is 12.6. The molecule has 5 aromatic rings. The lowest BCUT2D eigenvalue weighted by atomic mass is 9.38. The molecule has 0 aliphatic carbocycles. The van der Waals surface area contributed by atoms with Gasteiger partial charge >= 0.3 is 6.48 Å². The number of nitrogens with zero attached hydrogens (tertiary/aromatic N) is 2. The van der Waals surface area contributed by atoms with Crippen molar-refractivity contribution in [2.24, 2.45) is 0 Å². The van der Waals surface area contributed by atoms with Crippen molar-refractivity contribution in [1.29, 1.82) is 0 Å². The van der Waals surface area contributed by atoms with Crippen molar-refractivity contribution < 1.29 is 9.13 Å². The van der Waals surface area contributed by atoms with Crippen LogP contribution in [-0.4, -0.2) is 6.48 Å². The van der Waals surface area contributed by atoms with Crippen LogP contribution >= 0.6 is 0 Å². The topological polar surface area (TPSA) is 16.4 Å². The van der Waals surface area contributed by atoms with Crippen LogP contribution in [0.4, 0.5) is 17.1 Å². The van der Waals surface area contributed by atoms with E-state index in [0.717, 1.165) is 28.4 Å². The number of anilines is 3. The molecule has 0 saturated carbocycles. The molecule has 1 spiro atoms. The first-order chi connectivity index (χ1) is 17.6. The molecule has 4 aromatic carbocycles. The van der Waals surface area contributed by atoms with Crippen molar-refractivity contribution in [3.05, 3.63) is 126 Å². The third kappa shape index (κ3) is 2.85. The third-order valence-electron chi connectivity index (χ3n) is 7.73. The predicted octanol–water partition coefficient (Wildman–Crippen LogP) is 5.85. The summed E-state index contributed by atoms with van der Waals surface area (Å²) in [6.45, 7) is 4.67. The molecule has 3 heterocycles. The normalized spacial score (nSPS) is 14.4. The smallest absolute Gasteiger partial charge is 0.517 e. The average molecular weight is 466 g/mol. The van der Waals surface area contributed by atoms with Gasteiger partial charge in [-0.15, -0.1) is 0 Å².